The fourth-order valence-corrected chi connectivity index (χ4v) is 2.52. The highest BCUT2D eigenvalue weighted by molar-refractivity contribution is 9.10. The number of hydrogen-bond donors (Lipinski definition) is 1. The number of rotatable bonds is 4. The molecule has 1 N–H and O–H groups in total. The van der Waals surface area contributed by atoms with Crippen molar-refractivity contribution in [2.45, 2.75) is 32.2 Å². The second kappa shape index (κ2) is 6.34. The Hall–Kier alpha value is -0.870. The van der Waals surface area contributed by atoms with Crippen molar-refractivity contribution >= 4 is 27.5 Å². The fourth-order valence-electron chi connectivity index (χ4n) is 2.26. The molecule has 1 heterocycles. The molecule has 0 radical (unpaired) electrons. The Morgan fingerprint density at radius 3 is 2.78 bits per heavy atom. The minimum absolute atomic E-state index is 0.0117. The minimum atomic E-state index is -0.0117. The fraction of sp³-hybridized carbons (Fsp3) is 0.500. The highest BCUT2D eigenvalue weighted by Crippen LogP contribution is 2.23. The Morgan fingerprint density at radius 2 is 2.11 bits per heavy atom. The number of piperidine rings is 1. The molecular formula is C14H19BrN2O. The van der Waals surface area contributed by atoms with Crippen molar-refractivity contribution in [2.24, 2.45) is 0 Å². The summed E-state index contributed by atoms with van der Waals surface area (Å²) >= 11 is 3.41. The second-order valence-electron chi connectivity index (χ2n) is 4.62. The Bertz CT molecular complexity index is 405. The molecule has 1 aromatic rings. The number of hydrogen-bond acceptors (Lipinski definition) is 2. The number of halogens is 1. The van der Waals surface area contributed by atoms with Crippen LogP contribution in [0.4, 0.5) is 5.69 Å². The van der Waals surface area contributed by atoms with Crippen molar-refractivity contribution in [3.63, 3.8) is 0 Å². The molecule has 0 aliphatic carbocycles. The van der Waals surface area contributed by atoms with Gasteiger partial charge in [0.2, 0.25) is 5.91 Å². The monoisotopic (exact) mass is 310 g/mol. The number of benzene rings is 1. The predicted molar refractivity (Wildman–Crippen MR) is 77.8 cm³/mol. The van der Waals surface area contributed by atoms with Crippen molar-refractivity contribution in [1.82, 2.24) is 5.32 Å². The van der Waals surface area contributed by atoms with Gasteiger partial charge < -0.3 is 10.2 Å². The summed E-state index contributed by atoms with van der Waals surface area (Å²) in [5.41, 5.74) is 0.992. The number of nitrogens with one attached hydrogen (secondary N) is 1. The maximum Gasteiger partial charge on any atom is 0.244 e. The summed E-state index contributed by atoms with van der Waals surface area (Å²) in [6, 6.07) is 7.92. The van der Waals surface area contributed by atoms with Crippen LogP contribution in [0.25, 0.3) is 0 Å². The molecule has 1 fully saturated rings. The summed E-state index contributed by atoms with van der Waals surface area (Å²) < 4.78 is 1.04. The second-order valence-corrected chi connectivity index (χ2v) is 5.53. The van der Waals surface area contributed by atoms with Crippen molar-refractivity contribution in [3.05, 3.63) is 28.7 Å². The zero-order valence-corrected chi connectivity index (χ0v) is 12.2. The van der Waals surface area contributed by atoms with Gasteiger partial charge in [-0.1, -0.05) is 22.9 Å². The zero-order valence-electron chi connectivity index (χ0n) is 10.7. The van der Waals surface area contributed by atoms with Crippen LogP contribution in [-0.2, 0) is 4.79 Å². The Kier molecular flexibility index (Phi) is 4.78. The Balaban J connectivity index is 2.08. The third-order valence-electron chi connectivity index (χ3n) is 3.22. The zero-order chi connectivity index (χ0) is 13.0. The van der Waals surface area contributed by atoms with E-state index >= 15 is 0 Å². The molecule has 0 saturated carbocycles. The molecule has 3 nitrogen and oxygen atoms in total. The molecule has 0 bridgehead atoms. The topological polar surface area (TPSA) is 32.3 Å². The van der Waals surface area contributed by atoms with Gasteiger partial charge in [-0.25, -0.2) is 0 Å². The van der Waals surface area contributed by atoms with E-state index in [1.54, 1.807) is 0 Å². The first-order valence-electron chi connectivity index (χ1n) is 6.52. The lowest BCUT2D eigenvalue weighted by molar-refractivity contribution is -0.121. The van der Waals surface area contributed by atoms with E-state index in [1.165, 1.54) is 0 Å². The van der Waals surface area contributed by atoms with Gasteiger partial charge in [-0.2, -0.15) is 0 Å². The van der Waals surface area contributed by atoms with E-state index in [9.17, 15) is 4.79 Å². The van der Waals surface area contributed by atoms with Crippen LogP contribution in [0.2, 0.25) is 0 Å². The van der Waals surface area contributed by atoms with Gasteiger partial charge in [-0.05, 0) is 50.1 Å². The molecule has 1 aromatic carbocycles. The highest BCUT2D eigenvalue weighted by atomic mass is 79.9. The molecule has 1 saturated heterocycles. The van der Waals surface area contributed by atoms with Crippen LogP contribution in [0.3, 0.4) is 0 Å². The van der Waals surface area contributed by atoms with Gasteiger partial charge in [0, 0.05) is 16.7 Å². The van der Waals surface area contributed by atoms with Gasteiger partial charge in [0.05, 0.1) is 6.04 Å². The van der Waals surface area contributed by atoms with Gasteiger partial charge in [0.15, 0.2) is 0 Å². The van der Waals surface area contributed by atoms with Gasteiger partial charge in [-0.15, -0.1) is 0 Å². The third kappa shape index (κ3) is 3.12. The molecule has 0 spiro atoms. The number of anilines is 1. The molecule has 1 aliphatic heterocycles. The molecule has 1 aliphatic rings. The largest absolute Gasteiger partial charge is 0.311 e. The van der Waals surface area contributed by atoms with E-state index in [0.717, 1.165) is 42.5 Å². The van der Waals surface area contributed by atoms with Crippen LogP contribution in [0, 0.1) is 0 Å². The quantitative estimate of drug-likeness (QED) is 0.927. The summed E-state index contributed by atoms with van der Waals surface area (Å²) in [4.78, 5) is 14.3. The summed E-state index contributed by atoms with van der Waals surface area (Å²) in [7, 11) is 0. The Morgan fingerprint density at radius 1 is 1.39 bits per heavy atom. The first-order valence-corrected chi connectivity index (χ1v) is 7.32. The van der Waals surface area contributed by atoms with Crippen LogP contribution in [0.1, 0.15) is 26.2 Å². The van der Waals surface area contributed by atoms with E-state index in [2.05, 4.69) is 28.2 Å². The van der Waals surface area contributed by atoms with E-state index < -0.39 is 0 Å². The van der Waals surface area contributed by atoms with Crippen molar-refractivity contribution in [3.8, 4) is 0 Å². The van der Waals surface area contributed by atoms with Crippen molar-refractivity contribution in [2.75, 3.05) is 18.0 Å². The smallest absolute Gasteiger partial charge is 0.244 e. The summed E-state index contributed by atoms with van der Waals surface area (Å²) in [6.07, 6.45) is 3.07. The first kappa shape index (κ1) is 13.6. The predicted octanol–water partition coefficient (Wildman–Crippen LogP) is 2.94. The molecule has 4 heteroatoms. The number of carbonyl (C=O) groups is 1. The van der Waals surface area contributed by atoms with Crippen LogP contribution in [0.5, 0.6) is 0 Å². The molecular weight excluding hydrogens is 292 g/mol. The van der Waals surface area contributed by atoms with Crippen molar-refractivity contribution < 1.29 is 4.79 Å². The van der Waals surface area contributed by atoms with E-state index in [0.29, 0.717) is 0 Å². The lowest BCUT2D eigenvalue weighted by Gasteiger charge is -2.32. The molecule has 0 aromatic heterocycles. The maximum absolute atomic E-state index is 12.4. The minimum Gasteiger partial charge on any atom is -0.311 e. The average Bonchev–Trinajstić information content (AvgIpc) is 2.39. The van der Waals surface area contributed by atoms with Crippen LogP contribution in [-0.4, -0.2) is 25.0 Å². The lowest BCUT2D eigenvalue weighted by atomic mass is 10.0. The number of carbonyl (C=O) groups excluding carboxylic acids is 1. The molecule has 18 heavy (non-hydrogen) atoms. The van der Waals surface area contributed by atoms with Crippen LogP contribution >= 0.6 is 15.9 Å². The molecule has 2 rings (SSSR count). The third-order valence-corrected chi connectivity index (χ3v) is 3.75. The Labute approximate surface area is 117 Å². The SMILES string of the molecule is CCCNC1CCCN(c2ccc(Br)cc2)C1=O. The average molecular weight is 311 g/mol. The first-order chi connectivity index (χ1) is 8.72. The molecule has 1 unspecified atom stereocenters. The number of nitrogens with zero attached hydrogens (tertiary/aromatic N) is 1. The van der Waals surface area contributed by atoms with Gasteiger partial charge >= 0.3 is 0 Å². The van der Waals surface area contributed by atoms with Crippen molar-refractivity contribution in [1.29, 1.82) is 0 Å². The van der Waals surface area contributed by atoms with Gasteiger partial charge in [-0.3, -0.25) is 4.79 Å². The number of amides is 1. The van der Waals surface area contributed by atoms with Crippen LogP contribution in [0.15, 0.2) is 28.7 Å². The van der Waals surface area contributed by atoms with Gasteiger partial charge in [0.1, 0.15) is 0 Å². The molecule has 98 valence electrons. The normalized spacial score (nSPS) is 20.2. The van der Waals surface area contributed by atoms with E-state index in [4.69, 9.17) is 0 Å². The van der Waals surface area contributed by atoms with Gasteiger partial charge in [0.25, 0.3) is 0 Å². The molecule has 1 atom stereocenters. The summed E-state index contributed by atoms with van der Waals surface area (Å²) in [5, 5.41) is 3.33. The maximum atomic E-state index is 12.4. The lowest BCUT2D eigenvalue weighted by Crippen LogP contribution is -2.51. The van der Waals surface area contributed by atoms with Crippen LogP contribution < -0.4 is 10.2 Å². The standard InChI is InChI=1S/C14H19BrN2O/c1-2-9-16-13-4-3-10-17(14(13)18)12-7-5-11(15)6-8-12/h5-8,13,16H,2-4,9-10H2,1H3. The van der Waals surface area contributed by atoms with E-state index in [1.807, 2.05) is 29.2 Å². The summed E-state index contributed by atoms with van der Waals surface area (Å²) in [6.45, 7) is 3.85. The molecule has 1 amide bonds. The summed E-state index contributed by atoms with van der Waals surface area (Å²) in [5.74, 6) is 0.206. The van der Waals surface area contributed by atoms with E-state index in [-0.39, 0.29) is 11.9 Å². The highest BCUT2D eigenvalue weighted by Gasteiger charge is 2.28.